The zero-order valence-corrected chi connectivity index (χ0v) is 14.6. The highest BCUT2D eigenvalue weighted by atomic mass is 16.6. The van der Waals surface area contributed by atoms with E-state index in [1.165, 1.54) is 14.0 Å². The van der Waals surface area contributed by atoms with Crippen molar-refractivity contribution in [2.45, 2.75) is 64.6 Å². The molecule has 0 heterocycles. The molecule has 23 heavy (non-hydrogen) atoms. The number of ether oxygens (including phenoxy) is 2. The van der Waals surface area contributed by atoms with Crippen molar-refractivity contribution in [2.75, 3.05) is 7.11 Å². The third-order valence-electron chi connectivity index (χ3n) is 6.01. The summed E-state index contributed by atoms with van der Waals surface area (Å²) in [5, 5.41) is 11.1. The molecule has 0 saturated heterocycles. The van der Waals surface area contributed by atoms with Crippen molar-refractivity contribution >= 4 is 11.9 Å². The number of hydrogen-bond donors (Lipinski definition) is 1. The molecule has 2 aliphatic rings. The first kappa shape index (κ1) is 18.0. The van der Waals surface area contributed by atoms with Crippen molar-refractivity contribution < 1.29 is 24.2 Å². The second-order valence-corrected chi connectivity index (χ2v) is 7.56. The van der Waals surface area contributed by atoms with Crippen LogP contribution >= 0.6 is 0 Å². The number of carbonyl (C=O) groups excluding carboxylic acids is 2. The van der Waals surface area contributed by atoms with Gasteiger partial charge < -0.3 is 14.6 Å². The van der Waals surface area contributed by atoms with E-state index in [0.717, 1.165) is 19.3 Å². The number of methoxy groups -OCH3 is 1. The molecule has 0 radical (unpaired) electrons. The molecule has 0 aromatic heterocycles. The Kier molecular flexibility index (Phi) is 4.90. The largest absolute Gasteiger partial charge is 0.466 e. The topological polar surface area (TPSA) is 72.8 Å². The van der Waals surface area contributed by atoms with Crippen LogP contribution in [0.2, 0.25) is 0 Å². The molecule has 2 rings (SSSR count). The Morgan fingerprint density at radius 2 is 1.83 bits per heavy atom. The van der Waals surface area contributed by atoms with E-state index in [9.17, 15) is 14.7 Å². The van der Waals surface area contributed by atoms with Gasteiger partial charge in [-0.1, -0.05) is 13.5 Å². The molecule has 1 N–H and O–H groups in total. The molecular weight excluding hydrogens is 296 g/mol. The molecule has 2 saturated carbocycles. The lowest BCUT2D eigenvalue weighted by Gasteiger charge is -2.56. The molecule has 0 bridgehead atoms. The third kappa shape index (κ3) is 3.30. The van der Waals surface area contributed by atoms with E-state index < -0.39 is 11.7 Å². The zero-order valence-electron chi connectivity index (χ0n) is 14.6. The summed E-state index contributed by atoms with van der Waals surface area (Å²) < 4.78 is 10.1. The summed E-state index contributed by atoms with van der Waals surface area (Å²) in [6, 6.07) is 0. The molecule has 2 aliphatic carbocycles. The molecular formula is C18H28O5. The summed E-state index contributed by atoms with van der Waals surface area (Å²) in [4.78, 5) is 23.1. The van der Waals surface area contributed by atoms with E-state index in [2.05, 4.69) is 13.5 Å². The van der Waals surface area contributed by atoms with Crippen molar-refractivity contribution in [3.63, 3.8) is 0 Å². The molecule has 0 amide bonds. The van der Waals surface area contributed by atoms with Gasteiger partial charge in [0, 0.05) is 12.5 Å². The quantitative estimate of drug-likeness (QED) is 0.638. The van der Waals surface area contributed by atoms with Crippen LogP contribution in [0, 0.1) is 17.3 Å². The number of hydrogen-bond acceptors (Lipinski definition) is 5. The maximum Gasteiger partial charge on any atom is 0.333 e. The first-order valence-electron chi connectivity index (χ1n) is 8.28. The molecule has 5 heteroatoms. The van der Waals surface area contributed by atoms with Crippen LogP contribution in [0.5, 0.6) is 0 Å². The Bertz CT molecular complexity index is 510. The molecule has 2 fully saturated rings. The lowest BCUT2D eigenvalue weighted by molar-refractivity contribution is -0.203. The highest BCUT2D eigenvalue weighted by molar-refractivity contribution is 5.88. The maximum atomic E-state index is 11.8. The van der Waals surface area contributed by atoms with Gasteiger partial charge in [0.15, 0.2) is 0 Å². The molecule has 5 nitrogen and oxygen atoms in total. The second kappa shape index (κ2) is 6.27. The average molecular weight is 324 g/mol. The third-order valence-corrected chi connectivity index (χ3v) is 6.01. The first-order valence-corrected chi connectivity index (χ1v) is 8.28. The maximum absolute atomic E-state index is 11.8. The highest BCUT2D eigenvalue weighted by Crippen LogP contribution is 2.56. The Morgan fingerprint density at radius 3 is 2.39 bits per heavy atom. The minimum Gasteiger partial charge on any atom is -0.466 e. The van der Waals surface area contributed by atoms with Crippen LogP contribution in [-0.2, 0) is 19.1 Å². The average Bonchev–Trinajstić information content (AvgIpc) is 2.48. The SMILES string of the molecule is C=C(C(=O)OC)[C@@H]1CC[C@@]2(C)CC[C@@H](OC(C)=O)[C@@](C)(O)[C@H]2C1. The minimum atomic E-state index is -1.10. The van der Waals surface area contributed by atoms with E-state index in [4.69, 9.17) is 9.47 Å². The van der Waals surface area contributed by atoms with E-state index >= 15 is 0 Å². The van der Waals surface area contributed by atoms with Gasteiger partial charge in [-0.25, -0.2) is 4.79 Å². The molecule has 0 unspecified atom stereocenters. The lowest BCUT2D eigenvalue weighted by Crippen LogP contribution is -2.59. The van der Waals surface area contributed by atoms with E-state index in [1.54, 1.807) is 6.92 Å². The molecule has 5 atom stereocenters. The van der Waals surface area contributed by atoms with Gasteiger partial charge in [-0.2, -0.15) is 0 Å². The summed E-state index contributed by atoms with van der Waals surface area (Å²) in [5.41, 5.74) is -0.638. The van der Waals surface area contributed by atoms with Gasteiger partial charge in [0.05, 0.1) is 7.11 Å². The van der Waals surface area contributed by atoms with Crippen LogP contribution < -0.4 is 0 Å². The number of carbonyl (C=O) groups is 2. The van der Waals surface area contributed by atoms with Gasteiger partial charge >= 0.3 is 11.9 Å². The van der Waals surface area contributed by atoms with Gasteiger partial charge in [-0.15, -0.1) is 0 Å². The summed E-state index contributed by atoms with van der Waals surface area (Å²) in [6.07, 6.45) is 3.53. The van der Waals surface area contributed by atoms with Gasteiger partial charge in [0.2, 0.25) is 0 Å². The fourth-order valence-corrected chi connectivity index (χ4v) is 4.58. The zero-order chi connectivity index (χ0) is 17.4. The predicted molar refractivity (Wildman–Crippen MR) is 85.5 cm³/mol. The van der Waals surface area contributed by atoms with Crippen LogP contribution in [0.15, 0.2) is 12.2 Å². The fraction of sp³-hybridized carbons (Fsp3) is 0.778. The predicted octanol–water partition coefficient (Wildman–Crippen LogP) is 2.61. The van der Waals surface area contributed by atoms with E-state index in [-0.39, 0.29) is 29.2 Å². The van der Waals surface area contributed by atoms with Crippen LogP contribution in [0.4, 0.5) is 0 Å². The van der Waals surface area contributed by atoms with E-state index in [1.807, 2.05) is 0 Å². The van der Waals surface area contributed by atoms with Crippen LogP contribution in [0.1, 0.15) is 52.9 Å². The standard InChI is InChI=1S/C18H28O5/c1-11(16(20)22-5)13-6-8-17(3)9-7-15(23-12(2)19)18(4,21)14(17)10-13/h13-15,21H,1,6-10H2,2-5H3/t13-,14+,15-,17+,18+/m1/s1. The first-order chi connectivity index (χ1) is 10.6. The van der Waals surface area contributed by atoms with Crippen molar-refractivity contribution in [2.24, 2.45) is 17.3 Å². The molecule has 0 aromatic carbocycles. The highest BCUT2D eigenvalue weighted by Gasteiger charge is 2.56. The van der Waals surface area contributed by atoms with Gasteiger partial charge in [-0.05, 0) is 56.3 Å². The molecule has 0 spiro atoms. The van der Waals surface area contributed by atoms with Crippen LogP contribution in [0.25, 0.3) is 0 Å². The summed E-state index contributed by atoms with van der Waals surface area (Å²) >= 11 is 0. The van der Waals surface area contributed by atoms with Gasteiger partial charge in [0.25, 0.3) is 0 Å². The number of fused-ring (bicyclic) bond motifs is 1. The summed E-state index contributed by atoms with van der Waals surface area (Å²) in [7, 11) is 1.36. The summed E-state index contributed by atoms with van der Waals surface area (Å²) in [6.45, 7) is 9.19. The Balaban J connectivity index is 2.22. The number of aliphatic hydroxyl groups is 1. The Labute approximate surface area is 138 Å². The molecule has 0 aliphatic heterocycles. The van der Waals surface area contributed by atoms with Crippen molar-refractivity contribution in [3.05, 3.63) is 12.2 Å². The smallest absolute Gasteiger partial charge is 0.333 e. The Hall–Kier alpha value is -1.36. The second-order valence-electron chi connectivity index (χ2n) is 7.56. The minimum absolute atomic E-state index is 0.00285. The van der Waals surface area contributed by atoms with Gasteiger partial charge in [-0.3, -0.25) is 4.79 Å². The van der Waals surface area contributed by atoms with Crippen molar-refractivity contribution in [1.82, 2.24) is 0 Å². The van der Waals surface area contributed by atoms with Crippen LogP contribution in [0.3, 0.4) is 0 Å². The van der Waals surface area contributed by atoms with Crippen LogP contribution in [-0.4, -0.2) is 35.9 Å². The lowest BCUT2D eigenvalue weighted by atomic mass is 9.52. The van der Waals surface area contributed by atoms with Gasteiger partial charge in [0.1, 0.15) is 11.7 Å². The fourth-order valence-electron chi connectivity index (χ4n) is 4.58. The number of esters is 2. The number of rotatable bonds is 3. The monoisotopic (exact) mass is 324 g/mol. The summed E-state index contributed by atoms with van der Waals surface area (Å²) in [5.74, 6) is -0.799. The van der Waals surface area contributed by atoms with Crippen molar-refractivity contribution in [1.29, 1.82) is 0 Å². The van der Waals surface area contributed by atoms with E-state index in [0.29, 0.717) is 18.4 Å². The van der Waals surface area contributed by atoms with Crippen molar-refractivity contribution in [3.8, 4) is 0 Å². The Morgan fingerprint density at radius 1 is 1.22 bits per heavy atom. The molecule has 130 valence electrons. The molecule has 0 aromatic rings. The normalized spacial score (nSPS) is 40.0.